The first-order chi connectivity index (χ1) is 11.4. The van der Waals surface area contributed by atoms with E-state index >= 15 is 0 Å². The molecular weight excluding hydrogens is 366 g/mol. The lowest BCUT2D eigenvalue weighted by molar-refractivity contribution is 0.102. The van der Waals surface area contributed by atoms with Gasteiger partial charge in [-0.15, -0.1) is 0 Å². The minimum Gasteiger partial charge on any atom is -0.321 e. The molecule has 0 saturated carbocycles. The maximum Gasteiger partial charge on any atom is 0.274 e. The SMILES string of the molecule is CCc1nc2c(Br)cc(C)cn2c1C(=O)Nc1ccc(C)c(C)c1. The van der Waals surface area contributed by atoms with Gasteiger partial charge in [0.1, 0.15) is 5.69 Å². The Morgan fingerprint density at radius 1 is 1.21 bits per heavy atom. The van der Waals surface area contributed by atoms with Crippen LogP contribution in [0.3, 0.4) is 0 Å². The number of carbonyl (C=O) groups is 1. The molecule has 3 aromatic rings. The van der Waals surface area contributed by atoms with Gasteiger partial charge >= 0.3 is 0 Å². The number of aromatic nitrogens is 2. The average Bonchev–Trinajstić information content (AvgIpc) is 2.89. The fourth-order valence-electron chi connectivity index (χ4n) is 2.78. The normalized spacial score (nSPS) is 11.0. The molecule has 3 rings (SSSR count). The van der Waals surface area contributed by atoms with E-state index in [0.29, 0.717) is 12.1 Å². The van der Waals surface area contributed by atoms with Crippen molar-refractivity contribution < 1.29 is 4.79 Å². The smallest absolute Gasteiger partial charge is 0.274 e. The molecule has 2 aromatic heterocycles. The van der Waals surface area contributed by atoms with E-state index in [9.17, 15) is 4.79 Å². The predicted molar refractivity (Wildman–Crippen MR) is 101 cm³/mol. The molecule has 4 nitrogen and oxygen atoms in total. The van der Waals surface area contributed by atoms with Crippen molar-refractivity contribution in [3.63, 3.8) is 0 Å². The van der Waals surface area contributed by atoms with Crippen LogP contribution in [0.5, 0.6) is 0 Å². The highest BCUT2D eigenvalue weighted by atomic mass is 79.9. The summed E-state index contributed by atoms with van der Waals surface area (Å²) in [6, 6.07) is 7.94. The Labute approximate surface area is 150 Å². The van der Waals surface area contributed by atoms with Gasteiger partial charge in [-0.2, -0.15) is 0 Å². The van der Waals surface area contributed by atoms with Crippen LogP contribution < -0.4 is 5.32 Å². The van der Waals surface area contributed by atoms with Crippen molar-refractivity contribution in [2.75, 3.05) is 5.32 Å². The fraction of sp³-hybridized carbons (Fsp3) is 0.263. The van der Waals surface area contributed by atoms with Crippen LogP contribution >= 0.6 is 15.9 Å². The lowest BCUT2D eigenvalue weighted by atomic mass is 10.1. The van der Waals surface area contributed by atoms with E-state index < -0.39 is 0 Å². The number of hydrogen-bond acceptors (Lipinski definition) is 2. The zero-order chi connectivity index (χ0) is 17.4. The summed E-state index contributed by atoms with van der Waals surface area (Å²) in [7, 11) is 0. The zero-order valence-corrected chi connectivity index (χ0v) is 15.9. The maximum absolute atomic E-state index is 12.9. The van der Waals surface area contributed by atoms with Crippen molar-refractivity contribution in [1.82, 2.24) is 9.38 Å². The Balaban J connectivity index is 2.07. The van der Waals surface area contributed by atoms with Crippen molar-refractivity contribution in [1.29, 1.82) is 0 Å². The van der Waals surface area contributed by atoms with Crippen molar-refractivity contribution in [2.45, 2.75) is 34.1 Å². The molecule has 0 atom stereocenters. The van der Waals surface area contributed by atoms with E-state index in [2.05, 4.69) is 33.2 Å². The summed E-state index contributed by atoms with van der Waals surface area (Å²) < 4.78 is 2.76. The molecular formula is C19H20BrN3O. The lowest BCUT2D eigenvalue weighted by Gasteiger charge is -2.09. The van der Waals surface area contributed by atoms with E-state index in [-0.39, 0.29) is 5.91 Å². The zero-order valence-electron chi connectivity index (χ0n) is 14.3. The van der Waals surface area contributed by atoms with E-state index in [1.165, 1.54) is 5.56 Å². The van der Waals surface area contributed by atoms with Gasteiger partial charge in [0.2, 0.25) is 0 Å². The van der Waals surface area contributed by atoms with Crippen molar-refractivity contribution >= 4 is 33.2 Å². The summed E-state index contributed by atoms with van der Waals surface area (Å²) in [5.74, 6) is -0.139. The van der Waals surface area contributed by atoms with E-state index in [1.807, 2.05) is 55.6 Å². The van der Waals surface area contributed by atoms with Crippen LogP contribution in [0.4, 0.5) is 5.69 Å². The molecule has 0 aliphatic heterocycles. The summed E-state index contributed by atoms with van der Waals surface area (Å²) in [6.07, 6.45) is 2.64. The van der Waals surface area contributed by atoms with Crippen molar-refractivity contribution in [2.24, 2.45) is 0 Å². The highest BCUT2D eigenvalue weighted by Gasteiger charge is 2.20. The molecule has 1 amide bonds. The Morgan fingerprint density at radius 3 is 2.62 bits per heavy atom. The number of nitrogens with zero attached hydrogens (tertiary/aromatic N) is 2. The number of benzene rings is 1. The van der Waals surface area contributed by atoms with Gasteiger partial charge < -0.3 is 5.32 Å². The molecule has 1 N–H and O–H groups in total. The molecule has 0 aliphatic rings. The number of halogens is 1. The summed E-state index contributed by atoms with van der Waals surface area (Å²) >= 11 is 3.54. The van der Waals surface area contributed by atoms with Crippen LogP contribution in [-0.4, -0.2) is 15.3 Å². The quantitative estimate of drug-likeness (QED) is 0.701. The lowest BCUT2D eigenvalue weighted by Crippen LogP contribution is -2.16. The number of rotatable bonds is 3. The second-order valence-corrected chi connectivity index (χ2v) is 6.93. The Hall–Kier alpha value is -2.14. The molecule has 0 fully saturated rings. The first-order valence-electron chi connectivity index (χ1n) is 7.96. The van der Waals surface area contributed by atoms with Crippen LogP contribution in [0, 0.1) is 20.8 Å². The molecule has 0 bridgehead atoms. The number of anilines is 1. The van der Waals surface area contributed by atoms with E-state index in [0.717, 1.165) is 32.6 Å². The van der Waals surface area contributed by atoms with E-state index in [1.54, 1.807) is 0 Å². The molecule has 0 radical (unpaired) electrons. The molecule has 24 heavy (non-hydrogen) atoms. The van der Waals surface area contributed by atoms with Crippen LogP contribution in [-0.2, 0) is 6.42 Å². The monoisotopic (exact) mass is 385 g/mol. The first kappa shape index (κ1) is 16.7. The number of amides is 1. The van der Waals surface area contributed by atoms with Gasteiger partial charge in [0, 0.05) is 11.9 Å². The number of imidazole rings is 1. The summed E-state index contributed by atoms with van der Waals surface area (Å²) in [5, 5.41) is 3.00. The van der Waals surface area contributed by atoms with Crippen LogP contribution in [0.1, 0.15) is 39.8 Å². The fourth-order valence-corrected chi connectivity index (χ4v) is 3.42. The number of hydrogen-bond donors (Lipinski definition) is 1. The second kappa shape index (κ2) is 6.40. The minimum absolute atomic E-state index is 0.139. The number of pyridine rings is 1. The molecule has 5 heteroatoms. The Morgan fingerprint density at radius 2 is 1.96 bits per heavy atom. The molecule has 0 aliphatic carbocycles. The standard InChI is InChI=1S/C19H20BrN3O/c1-5-16-17(23-10-11(2)8-15(20)18(23)22-16)19(24)21-14-7-6-12(3)13(4)9-14/h6-10H,5H2,1-4H3,(H,21,24). The van der Waals surface area contributed by atoms with Gasteiger partial charge in [-0.25, -0.2) is 4.98 Å². The predicted octanol–water partition coefficient (Wildman–Crippen LogP) is 4.84. The number of carbonyl (C=O) groups excluding carboxylic acids is 1. The number of aryl methyl sites for hydroxylation is 4. The molecule has 124 valence electrons. The molecule has 0 saturated heterocycles. The first-order valence-corrected chi connectivity index (χ1v) is 8.75. The Bertz CT molecular complexity index is 943. The molecule has 0 spiro atoms. The Kier molecular flexibility index (Phi) is 4.45. The van der Waals surface area contributed by atoms with Crippen molar-refractivity contribution in [3.8, 4) is 0 Å². The van der Waals surface area contributed by atoms with Gasteiger partial charge in [-0.3, -0.25) is 9.20 Å². The average molecular weight is 386 g/mol. The molecule has 2 heterocycles. The van der Waals surface area contributed by atoms with Gasteiger partial charge in [0.05, 0.1) is 10.2 Å². The van der Waals surface area contributed by atoms with Crippen LogP contribution in [0.15, 0.2) is 34.9 Å². The third-order valence-corrected chi connectivity index (χ3v) is 4.78. The van der Waals surface area contributed by atoms with Gasteiger partial charge in [-0.1, -0.05) is 13.0 Å². The van der Waals surface area contributed by atoms with Crippen LogP contribution in [0.25, 0.3) is 5.65 Å². The minimum atomic E-state index is -0.139. The highest BCUT2D eigenvalue weighted by molar-refractivity contribution is 9.10. The summed E-state index contributed by atoms with van der Waals surface area (Å²) in [4.78, 5) is 17.5. The highest BCUT2D eigenvalue weighted by Crippen LogP contribution is 2.24. The molecule has 0 unspecified atom stereocenters. The van der Waals surface area contributed by atoms with Crippen molar-refractivity contribution in [3.05, 3.63) is 63.0 Å². The van der Waals surface area contributed by atoms with E-state index in [4.69, 9.17) is 0 Å². The topological polar surface area (TPSA) is 46.4 Å². The van der Waals surface area contributed by atoms with Crippen LogP contribution in [0.2, 0.25) is 0 Å². The number of fused-ring (bicyclic) bond motifs is 1. The molecule has 1 aromatic carbocycles. The van der Waals surface area contributed by atoms with Gasteiger partial charge in [0.25, 0.3) is 5.91 Å². The summed E-state index contributed by atoms with van der Waals surface area (Å²) in [5.41, 5.74) is 6.37. The third-order valence-electron chi connectivity index (χ3n) is 4.20. The van der Waals surface area contributed by atoms with Gasteiger partial charge in [0.15, 0.2) is 5.65 Å². The maximum atomic E-state index is 12.9. The largest absolute Gasteiger partial charge is 0.321 e. The third kappa shape index (κ3) is 2.96. The number of nitrogens with one attached hydrogen (secondary N) is 1. The second-order valence-electron chi connectivity index (χ2n) is 6.07. The summed E-state index contributed by atoms with van der Waals surface area (Å²) in [6.45, 7) is 8.11. The van der Waals surface area contributed by atoms with Gasteiger partial charge in [-0.05, 0) is 78.0 Å².